The lowest BCUT2D eigenvalue weighted by molar-refractivity contribution is -0.137. The summed E-state index contributed by atoms with van der Waals surface area (Å²) in [6.07, 6.45) is 1.11. The largest absolute Gasteiger partial charge is 0.463 e. The van der Waals surface area contributed by atoms with Crippen molar-refractivity contribution >= 4 is 5.97 Å². The van der Waals surface area contributed by atoms with Crippen molar-refractivity contribution in [1.82, 2.24) is 0 Å². The molecule has 1 aromatic rings. The zero-order valence-corrected chi connectivity index (χ0v) is 8.47. The van der Waals surface area contributed by atoms with E-state index in [0.717, 1.165) is 6.08 Å². The van der Waals surface area contributed by atoms with Crippen LogP contribution in [0.3, 0.4) is 0 Å². The van der Waals surface area contributed by atoms with E-state index in [0.29, 0.717) is 12.4 Å². The lowest BCUT2D eigenvalue weighted by Crippen LogP contribution is -2.10. The molecule has 0 spiro atoms. The second kappa shape index (κ2) is 5.70. The summed E-state index contributed by atoms with van der Waals surface area (Å²) in [4.78, 5) is 11.0. The van der Waals surface area contributed by atoms with Gasteiger partial charge in [-0.15, -0.1) is 0 Å². The number of para-hydroxylation sites is 1. The summed E-state index contributed by atoms with van der Waals surface area (Å²) in [7, 11) is 0. The summed E-state index contributed by atoms with van der Waals surface area (Å²) in [6, 6.07) is 8.97. The third-order valence-corrected chi connectivity index (χ3v) is 1.53. The van der Waals surface area contributed by atoms with Crippen molar-refractivity contribution in [2.45, 2.75) is 6.92 Å². The highest BCUT2D eigenvalue weighted by Gasteiger charge is 2.00. The van der Waals surface area contributed by atoms with Crippen molar-refractivity contribution in [3.63, 3.8) is 0 Å². The third-order valence-electron chi connectivity index (χ3n) is 1.53. The second-order valence-corrected chi connectivity index (χ2v) is 2.71. The summed E-state index contributed by atoms with van der Waals surface area (Å²) in [5.41, 5.74) is 5.47. The highest BCUT2D eigenvalue weighted by atomic mass is 16.5. The van der Waals surface area contributed by atoms with Crippen molar-refractivity contribution in [2.24, 2.45) is 5.73 Å². The molecule has 15 heavy (non-hydrogen) atoms. The highest BCUT2D eigenvalue weighted by molar-refractivity contribution is 5.82. The Bertz CT molecular complexity index is 346. The molecule has 0 aliphatic heterocycles. The van der Waals surface area contributed by atoms with Crippen molar-refractivity contribution in [1.29, 1.82) is 0 Å². The number of esters is 1. The summed E-state index contributed by atoms with van der Waals surface area (Å²) < 4.78 is 9.84. The molecule has 0 saturated heterocycles. The standard InChI is InChI=1S/C11H13NO3/c1-2-14-11(13)8-10(12)15-9-6-4-3-5-7-9/h3-8H,2,12H2,1H3/b10-8+. The van der Waals surface area contributed by atoms with Crippen LogP contribution in [0.15, 0.2) is 42.3 Å². The van der Waals surface area contributed by atoms with Crippen LogP contribution in [0.1, 0.15) is 6.92 Å². The molecule has 0 unspecified atom stereocenters. The summed E-state index contributed by atoms with van der Waals surface area (Å²) in [5, 5.41) is 0. The van der Waals surface area contributed by atoms with E-state index in [2.05, 4.69) is 4.74 Å². The Balaban J connectivity index is 2.55. The Morgan fingerprint density at radius 2 is 2.07 bits per heavy atom. The molecule has 0 fully saturated rings. The molecule has 1 rings (SSSR count). The van der Waals surface area contributed by atoms with Crippen molar-refractivity contribution in [3.05, 3.63) is 42.3 Å². The lowest BCUT2D eigenvalue weighted by atomic mass is 10.3. The normalized spacial score (nSPS) is 10.9. The fraction of sp³-hybridized carbons (Fsp3) is 0.182. The zero-order valence-electron chi connectivity index (χ0n) is 8.47. The van der Waals surface area contributed by atoms with E-state index >= 15 is 0 Å². The molecule has 0 bridgehead atoms. The van der Waals surface area contributed by atoms with Gasteiger partial charge < -0.3 is 15.2 Å². The Labute approximate surface area is 88.3 Å². The number of ether oxygens (including phenoxy) is 2. The molecule has 4 nitrogen and oxygen atoms in total. The summed E-state index contributed by atoms with van der Waals surface area (Å²) in [5.74, 6) is 0.0844. The van der Waals surface area contributed by atoms with Gasteiger partial charge in [0.15, 0.2) is 5.88 Å². The first kappa shape index (κ1) is 11.1. The van der Waals surface area contributed by atoms with E-state index in [1.54, 1.807) is 19.1 Å². The molecule has 0 amide bonds. The number of nitrogens with two attached hydrogens (primary N) is 1. The van der Waals surface area contributed by atoms with Crippen LogP contribution in [0.4, 0.5) is 0 Å². The van der Waals surface area contributed by atoms with Crippen LogP contribution in [-0.4, -0.2) is 12.6 Å². The predicted octanol–water partition coefficient (Wildman–Crippen LogP) is 1.43. The van der Waals surface area contributed by atoms with Crippen LogP contribution < -0.4 is 10.5 Å². The average molecular weight is 207 g/mol. The van der Waals surface area contributed by atoms with Gasteiger partial charge in [-0.3, -0.25) is 0 Å². The van der Waals surface area contributed by atoms with E-state index in [9.17, 15) is 4.79 Å². The van der Waals surface area contributed by atoms with Gasteiger partial charge in [0.25, 0.3) is 0 Å². The first-order chi connectivity index (χ1) is 7.22. The topological polar surface area (TPSA) is 61.5 Å². The highest BCUT2D eigenvalue weighted by Crippen LogP contribution is 2.10. The minimum Gasteiger partial charge on any atom is -0.463 e. The minimum atomic E-state index is -0.508. The van der Waals surface area contributed by atoms with Crippen LogP contribution in [0, 0.1) is 0 Å². The van der Waals surface area contributed by atoms with Crippen LogP contribution in [0.5, 0.6) is 5.75 Å². The number of carbonyl (C=O) groups is 1. The van der Waals surface area contributed by atoms with E-state index in [1.165, 1.54) is 0 Å². The van der Waals surface area contributed by atoms with E-state index in [-0.39, 0.29) is 5.88 Å². The fourth-order valence-electron chi connectivity index (χ4n) is 0.954. The third kappa shape index (κ3) is 4.17. The number of hydrogen-bond acceptors (Lipinski definition) is 4. The SMILES string of the molecule is CCOC(=O)/C=C(\N)Oc1ccccc1. The van der Waals surface area contributed by atoms with Crippen molar-refractivity contribution in [3.8, 4) is 5.75 Å². The smallest absolute Gasteiger partial charge is 0.336 e. The zero-order chi connectivity index (χ0) is 11.1. The van der Waals surface area contributed by atoms with Crippen LogP contribution in [-0.2, 0) is 9.53 Å². The minimum absolute atomic E-state index is 0.0136. The van der Waals surface area contributed by atoms with Gasteiger partial charge in [-0.1, -0.05) is 18.2 Å². The van der Waals surface area contributed by atoms with Gasteiger partial charge in [0.1, 0.15) is 5.75 Å². The van der Waals surface area contributed by atoms with Crippen LogP contribution in [0.25, 0.3) is 0 Å². The van der Waals surface area contributed by atoms with Crippen molar-refractivity contribution in [2.75, 3.05) is 6.61 Å². The molecule has 0 atom stereocenters. The molecule has 0 aromatic heterocycles. The maximum atomic E-state index is 11.0. The van der Waals surface area contributed by atoms with E-state index in [1.807, 2.05) is 18.2 Å². The fourth-order valence-corrected chi connectivity index (χ4v) is 0.954. The maximum Gasteiger partial charge on any atom is 0.336 e. The molecular weight excluding hydrogens is 194 g/mol. The first-order valence-corrected chi connectivity index (χ1v) is 4.59. The molecular formula is C11H13NO3. The van der Waals surface area contributed by atoms with Gasteiger partial charge in [-0.2, -0.15) is 0 Å². The van der Waals surface area contributed by atoms with Crippen molar-refractivity contribution < 1.29 is 14.3 Å². The van der Waals surface area contributed by atoms with Gasteiger partial charge in [0, 0.05) is 0 Å². The molecule has 4 heteroatoms. The maximum absolute atomic E-state index is 11.0. The van der Waals surface area contributed by atoms with Gasteiger partial charge in [-0.25, -0.2) is 4.79 Å². The average Bonchev–Trinajstić information content (AvgIpc) is 2.19. The lowest BCUT2D eigenvalue weighted by Gasteiger charge is -2.04. The summed E-state index contributed by atoms with van der Waals surface area (Å²) >= 11 is 0. The number of benzene rings is 1. The van der Waals surface area contributed by atoms with Gasteiger partial charge in [0.2, 0.25) is 0 Å². The molecule has 2 N–H and O–H groups in total. The Morgan fingerprint density at radius 1 is 1.40 bits per heavy atom. The monoisotopic (exact) mass is 207 g/mol. The Hall–Kier alpha value is -1.97. The number of rotatable bonds is 4. The van der Waals surface area contributed by atoms with Crippen LogP contribution >= 0.6 is 0 Å². The van der Waals surface area contributed by atoms with Crippen LogP contribution in [0.2, 0.25) is 0 Å². The first-order valence-electron chi connectivity index (χ1n) is 4.59. The quantitative estimate of drug-likeness (QED) is 0.461. The number of carbonyl (C=O) groups excluding carboxylic acids is 1. The van der Waals surface area contributed by atoms with Gasteiger partial charge >= 0.3 is 5.97 Å². The second-order valence-electron chi connectivity index (χ2n) is 2.71. The molecule has 0 saturated carbocycles. The molecule has 0 radical (unpaired) electrons. The summed E-state index contributed by atoms with van der Waals surface area (Å²) in [6.45, 7) is 2.04. The van der Waals surface area contributed by atoms with E-state index in [4.69, 9.17) is 10.5 Å². The Morgan fingerprint density at radius 3 is 2.67 bits per heavy atom. The van der Waals surface area contributed by atoms with E-state index < -0.39 is 5.97 Å². The molecule has 0 aliphatic carbocycles. The molecule has 80 valence electrons. The number of hydrogen-bond donors (Lipinski definition) is 1. The molecule has 0 aliphatic rings. The molecule has 0 heterocycles. The molecule has 1 aromatic carbocycles. The van der Waals surface area contributed by atoms with Gasteiger partial charge in [-0.05, 0) is 19.1 Å². The van der Waals surface area contributed by atoms with Gasteiger partial charge in [0.05, 0.1) is 12.7 Å². The predicted molar refractivity (Wildman–Crippen MR) is 56.0 cm³/mol. The Kier molecular flexibility index (Phi) is 4.22.